The van der Waals surface area contributed by atoms with Gasteiger partial charge in [0.15, 0.2) is 0 Å². The molecule has 0 bridgehead atoms. The van der Waals surface area contributed by atoms with Gasteiger partial charge in [0.25, 0.3) is 0 Å². The monoisotopic (exact) mass is 161 g/mol. The van der Waals surface area contributed by atoms with Crippen molar-refractivity contribution in [3.05, 3.63) is 30.7 Å². The summed E-state index contributed by atoms with van der Waals surface area (Å²) < 4.78 is 0. The van der Waals surface area contributed by atoms with E-state index < -0.39 is 15.6 Å². The maximum absolute atomic E-state index is 9.95. The summed E-state index contributed by atoms with van der Waals surface area (Å²) in [6.45, 7) is 0.604. The molecular formula is C2H3N5O4. The van der Waals surface area contributed by atoms with Crippen LogP contribution in [0.15, 0.2) is 5.11 Å². The molecule has 0 aliphatic heterocycles. The highest BCUT2D eigenvalue weighted by atomic mass is 16.7. The number of nitro groups is 2. The smallest absolute Gasteiger partial charge is 0.258 e. The Morgan fingerprint density at radius 2 is 1.82 bits per heavy atom. The molecule has 0 rings (SSSR count). The van der Waals surface area contributed by atoms with E-state index in [0.29, 0.717) is 6.92 Å². The Labute approximate surface area is 59.5 Å². The van der Waals surface area contributed by atoms with Crippen LogP contribution in [0.5, 0.6) is 0 Å². The minimum absolute atomic E-state index is 0.604. The fourth-order valence-corrected chi connectivity index (χ4v) is 0.224. The summed E-state index contributed by atoms with van der Waals surface area (Å²) in [5.41, 5.74) is 7.75. The van der Waals surface area contributed by atoms with E-state index >= 15 is 0 Å². The largest absolute Gasteiger partial charge is 0.543 e. The molecule has 0 saturated carbocycles. The molecular weight excluding hydrogens is 158 g/mol. The van der Waals surface area contributed by atoms with Crippen LogP contribution in [0.25, 0.3) is 10.4 Å². The van der Waals surface area contributed by atoms with Gasteiger partial charge in [0.1, 0.15) is 9.85 Å². The molecule has 0 aromatic heterocycles. The summed E-state index contributed by atoms with van der Waals surface area (Å²) in [5.74, 6) is -2.80. The Kier molecular flexibility index (Phi) is 2.32. The molecule has 0 aromatic rings. The number of nitrogens with zero attached hydrogens (tertiary/aromatic N) is 5. The number of rotatable bonds is 3. The van der Waals surface area contributed by atoms with Crippen molar-refractivity contribution in [3.63, 3.8) is 0 Å². The second-order valence-electron chi connectivity index (χ2n) is 1.67. The van der Waals surface area contributed by atoms with Crippen molar-refractivity contribution < 1.29 is 9.85 Å². The second-order valence-corrected chi connectivity index (χ2v) is 1.67. The van der Waals surface area contributed by atoms with Gasteiger partial charge in [-0.2, -0.15) is 0 Å². The molecule has 0 atom stereocenters. The second kappa shape index (κ2) is 2.80. The van der Waals surface area contributed by atoms with E-state index in [0.717, 1.165) is 0 Å². The van der Waals surface area contributed by atoms with Crippen LogP contribution in [0, 0.1) is 20.2 Å². The van der Waals surface area contributed by atoms with Gasteiger partial charge < -0.3 is 0 Å². The molecule has 0 N–H and O–H groups in total. The summed E-state index contributed by atoms with van der Waals surface area (Å²) in [5, 5.41) is 22.3. The summed E-state index contributed by atoms with van der Waals surface area (Å²) in [6.07, 6.45) is 0. The fourth-order valence-electron chi connectivity index (χ4n) is 0.224. The van der Waals surface area contributed by atoms with Crippen molar-refractivity contribution in [1.29, 1.82) is 0 Å². The topological polar surface area (TPSA) is 135 Å². The predicted octanol–water partition coefficient (Wildman–Crippen LogP) is 0.524. The first-order valence-corrected chi connectivity index (χ1v) is 2.30. The predicted molar refractivity (Wildman–Crippen MR) is 31.5 cm³/mol. The van der Waals surface area contributed by atoms with Crippen molar-refractivity contribution in [2.24, 2.45) is 5.11 Å². The third-order valence-electron chi connectivity index (χ3n) is 0.926. The van der Waals surface area contributed by atoms with Gasteiger partial charge in [-0.1, -0.05) is 0 Å². The molecule has 0 aromatic carbocycles. The first kappa shape index (κ1) is 9.11. The van der Waals surface area contributed by atoms with Crippen molar-refractivity contribution in [2.75, 3.05) is 0 Å². The van der Waals surface area contributed by atoms with Crippen LogP contribution >= 0.6 is 0 Å². The molecule has 9 heteroatoms. The Bertz CT molecular complexity index is 221. The quantitative estimate of drug-likeness (QED) is 0.149. The van der Waals surface area contributed by atoms with E-state index in [9.17, 15) is 20.2 Å². The highest BCUT2D eigenvalue weighted by Crippen LogP contribution is 2.11. The van der Waals surface area contributed by atoms with Crippen LogP contribution in [0.4, 0.5) is 0 Å². The zero-order valence-electron chi connectivity index (χ0n) is 5.37. The lowest BCUT2D eigenvalue weighted by Gasteiger charge is -2.03. The van der Waals surface area contributed by atoms with E-state index in [1.54, 1.807) is 0 Å². The molecule has 0 saturated heterocycles. The van der Waals surface area contributed by atoms with Gasteiger partial charge in [-0.25, -0.2) is 0 Å². The SMILES string of the molecule is CC(N=[N+]=[N-])([N+](=O)[O-])[N+](=O)[O-]. The molecule has 11 heavy (non-hydrogen) atoms. The molecule has 9 nitrogen and oxygen atoms in total. The minimum atomic E-state index is -2.80. The van der Waals surface area contributed by atoms with Gasteiger partial charge in [-0.3, -0.25) is 20.2 Å². The molecule has 0 amide bonds. The van der Waals surface area contributed by atoms with Crippen LogP contribution in [-0.2, 0) is 0 Å². The molecule has 0 radical (unpaired) electrons. The average molecular weight is 161 g/mol. The zero-order chi connectivity index (χ0) is 9.07. The summed E-state index contributed by atoms with van der Waals surface area (Å²) >= 11 is 0. The molecule has 0 heterocycles. The van der Waals surface area contributed by atoms with E-state index in [1.165, 1.54) is 0 Å². The highest BCUT2D eigenvalue weighted by Gasteiger charge is 2.50. The standard InChI is InChI=1S/C2H3N5O4/c1-2(4-5-3,6(8)9)7(10)11/h1H3. The Hall–Kier alpha value is -1.89. The molecule has 60 valence electrons. The normalized spacial score (nSPS) is 9.91. The Balaban J connectivity index is 4.97. The third-order valence-corrected chi connectivity index (χ3v) is 0.926. The van der Waals surface area contributed by atoms with E-state index in [4.69, 9.17) is 5.53 Å². The lowest BCUT2D eigenvalue weighted by molar-refractivity contribution is -0.790. The van der Waals surface area contributed by atoms with E-state index in [2.05, 4.69) is 5.11 Å². The van der Waals surface area contributed by atoms with Crippen molar-refractivity contribution >= 4 is 0 Å². The van der Waals surface area contributed by atoms with Crippen molar-refractivity contribution in [3.8, 4) is 0 Å². The van der Waals surface area contributed by atoms with Gasteiger partial charge in [0.2, 0.25) is 0 Å². The first-order valence-electron chi connectivity index (χ1n) is 2.30. The summed E-state index contributed by atoms with van der Waals surface area (Å²) in [6, 6.07) is 0. The highest BCUT2D eigenvalue weighted by molar-refractivity contribution is 4.56. The van der Waals surface area contributed by atoms with Crippen LogP contribution in [0.2, 0.25) is 0 Å². The lowest BCUT2D eigenvalue weighted by atomic mass is 10.5. The molecule has 0 aliphatic rings. The zero-order valence-corrected chi connectivity index (χ0v) is 5.37. The first-order chi connectivity index (χ1) is 4.95. The molecule has 0 fully saturated rings. The summed E-state index contributed by atoms with van der Waals surface area (Å²) in [7, 11) is 0. The molecule has 0 aliphatic carbocycles. The molecule has 0 unspecified atom stereocenters. The van der Waals surface area contributed by atoms with Gasteiger partial charge >= 0.3 is 5.79 Å². The Morgan fingerprint density at radius 1 is 1.45 bits per heavy atom. The Morgan fingerprint density at radius 3 is 1.91 bits per heavy atom. The summed E-state index contributed by atoms with van der Waals surface area (Å²) in [4.78, 5) is 19.4. The van der Waals surface area contributed by atoms with Crippen LogP contribution in [0.1, 0.15) is 6.92 Å². The molecule has 0 spiro atoms. The van der Waals surface area contributed by atoms with Crippen LogP contribution in [-0.4, -0.2) is 15.6 Å². The van der Waals surface area contributed by atoms with Crippen molar-refractivity contribution in [1.82, 2.24) is 0 Å². The van der Waals surface area contributed by atoms with Gasteiger partial charge in [-0.05, 0) is 5.53 Å². The van der Waals surface area contributed by atoms with Crippen LogP contribution in [0.3, 0.4) is 0 Å². The maximum atomic E-state index is 9.95. The van der Waals surface area contributed by atoms with Gasteiger partial charge in [0, 0.05) is 4.91 Å². The van der Waals surface area contributed by atoms with Crippen LogP contribution < -0.4 is 0 Å². The number of hydrogen-bond acceptors (Lipinski definition) is 5. The van der Waals surface area contributed by atoms with Gasteiger partial charge in [0.05, 0.1) is 12.0 Å². The average Bonchev–Trinajstić information content (AvgIpc) is 1.87. The van der Waals surface area contributed by atoms with E-state index in [1.807, 2.05) is 4.91 Å². The van der Waals surface area contributed by atoms with E-state index in [-0.39, 0.29) is 0 Å². The lowest BCUT2D eigenvalue weighted by Crippen LogP contribution is -2.40. The third kappa shape index (κ3) is 1.52. The maximum Gasteiger partial charge on any atom is 0.543 e. The van der Waals surface area contributed by atoms with Crippen molar-refractivity contribution in [2.45, 2.75) is 12.7 Å². The number of hydrogen-bond donors (Lipinski definition) is 0. The number of azide groups is 1. The van der Waals surface area contributed by atoms with Gasteiger partial charge in [-0.15, -0.1) is 0 Å². The minimum Gasteiger partial charge on any atom is -0.258 e. The fraction of sp³-hybridized carbons (Fsp3) is 1.00.